The molecule has 1 unspecified atom stereocenters. The molecule has 1 aromatic carbocycles. The van der Waals surface area contributed by atoms with E-state index in [1.807, 2.05) is 0 Å². The van der Waals surface area contributed by atoms with E-state index in [4.69, 9.17) is 17.3 Å². The van der Waals surface area contributed by atoms with Crippen molar-refractivity contribution in [2.75, 3.05) is 11.4 Å². The number of nitrogens with zero attached hydrogens (tertiary/aromatic N) is 1. The first-order chi connectivity index (χ1) is 8.29. The van der Waals surface area contributed by atoms with Crippen molar-refractivity contribution in [2.24, 2.45) is 5.73 Å². The second kappa shape index (κ2) is 4.44. The highest BCUT2D eigenvalue weighted by atomic mass is 35.5. The third kappa shape index (κ3) is 2.44. The molecule has 1 aliphatic heterocycles. The lowest BCUT2D eigenvalue weighted by Crippen LogP contribution is -2.29. The number of anilines is 1. The standard InChI is InChI=1S/C11H10ClF3N2O/c12-6-1-2-8(11(13,14)15)9(3-6)17-5-7(16)4-10(17)18/h1-3,7H,4-5,16H2. The summed E-state index contributed by atoms with van der Waals surface area (Å²) >= 11 is 5.69. The normalized spacial score (nSPS) is 20.6. The molecular weight excluding hydrogens is 269 g/mol. The van der Waals surface area contributed by atoms with Crippen LogP contribution in [0.4, 0.5) is 18.9 Å². The smallest absolute Gasteiger partial charge is 0.326 e. The zero-order chi connectivity index (χ0) is 13.5. The van der Waals surface area contributed by atoms with Crippen LogP contribution in [-0.2, 0) is 11.0 Å². The van der Waals surface area contributed by atoms with Gasteiger partial charge in [0.15, 0.2) is 0 Å². The number of alkyl halides is 3. The van der Waals surface area contributed by atoms with Gasteiger partial charge in [0.2, 0.25) is 5.91 Å². The lowest BCUT2D eigenvalue weighted by atomic mass is 10.1. The second-order valence-corrected chi connectivity index (χ2v) is 4.56. The van der Waals surface area contributed by atoms with Gasteiger partial charge in [0.1, 0.15) is 0 Å². The summed E-state index contributed by atoms with van der Waals surface area (Å²) in [6.07, 6.45) is -4.49. The maximum atomic E-state index is 12.8. The van der Waals surface area contributed by atoms with Crippen LogP contribution >= 0.6 is 11.6 Å². The van der Waals surface area contributed by atoms with Gasteiger partial charge in [0, 0.05) is 24.0 Å². The fourth-order valence-electron chi connectivity index (χ4n) is 1.94. The average Bonchev–Trinajstić information content (AvgIpc) is 2.55. The molecule has 98 valence electrons. The van der Waals surface area contributed by atoms with Crippen LogP contribution in [0.1, 0.15) is 12.0 Å². The second-order valence-electron chi connectivity index (χ2n) is 4.13. The van der Waals surface area contributed by atoms with Gasteiger partial charge >= 0.3 is 6.18 Å². The number of hydrogen-bond donors (Lipinski definition) is 1. The van der Waals surface area contributed by atoms with Crippen LogP contribution in [-0.4, -0.2) is 18.5 Å². The minimum Gasteiger partial charge on any atom is -0.326 e. The Morgan fingerprint density at radius 1 is 1.39 bits per heavy atom. The first-order valence-electron chi connectivity index (χ1n) is 5.21. The van der Waals surface area contributed by atoms with Gasteiger partial charge in [-0.1, -0.05) is 11.6 Å². The molecule has 0 aromatic heterocycles. The molecule has 0 spiro atoms. The van der Waals surface area contributed by atoms with Gasteiger partial charge in [-0.2, -0.15) is 13.2 Å². The maximum Gasteiger partial charge on any atom is 0.418 e. The highest BCUT2D eigenvalue weighted by molar-refractivity contribution is 6.31. The molecule has 0 bridgehead atoms. The number of halogens is 4. The minimum absolute atomic E-state index is 0.0454. The van der Waals surface area contributed by atoms with Crippen LogP contribution in [0.15, 0.2) is 18.2 Å². The van der Waals surface area contributed by atoms with Crippen molar-refractivity contribution in [1.29, 1.82) is 0 Å². The summed E-state index contributed by atoms with van der Waals surface area (Å²) in [6, 6.07) is 2.71. The van der Waals surface area contributed by atoms with Gasteiger partial charge < -0.3 is 10.6 Å². The number of carbonyl (C=O) groups is 1. The van der Waals surface area contributed by atoms with Crippen LogP contribution in [0, 0.1) is 0 Å². The third-order valence-corrected chi connectivity index (χ3v) is 2.95. The van der Waals surface area contributed by atoms with E-state index >= 15 is 0 Å². The molecule has 0 aliphatic carbocycles. The molecule has 7 heteroatoms. The molecule has 1 fully saturated rings. The SMILES string of the molecule is NC1CC(=O)N(c2cc(Cl)ccc2C(F)(F)F)C1. The van der Waals surface area contributed by atoms with Crippen LogP contribution in [0.3, 0.4) is 0 Å². The molecule has 3 nitrogen and oxygen atoms in total. The number of amides is 1. The van der Waals surface area contributed by atoms with E-state index in [1.54, 1.807) is 0 Å². The fourth-order valence-corrected chi connectivity index (χ4v) is 2.10. The molecule has 0 saturated carbocycles. The Bertz CT molecular complexity index is 490. The summed E-state index contributed by atoms with van der Waals surface area (Å²) in [4.78, 5) is 12.7. The van der Waals surface area contributed by atoms with Crippen molar-refractivity contribution >= 4 is 23.2 Å². The Morgan fingerprint density at radius 2 is 2.06 bits per heavy atom. The van der Waals surface area contributed by atoms with E-state index in [-0.39, 0.29) is 23.7 Å². The number of benzene rings is 1. The Kier molecular flexibility index (Phi) is 3.25. The van der Waals surface area contributed by atoms with Crippen molar-refractivity contribution < 1.29 is 18.0 Å². The Morgan fingerprint density at radius 3 is 2.56 bits per heavy atom. The maximum absolute atomic E-state index is 12.8. The van der Waals surface area contributed by atoms with E-state index < -0.39 is 23.7 Å². The summed E-state index contributed by atoms with van der Waals surface area (Å²) in [7, 11) is 0. The Hall–Kier alpha value is -1.27. The number of rotatable bonds is 1. The molecule has 2 rings (SSSR count). The van der Waals surface area contributed by atoms with E-state index in [9.17, 15) is 18.0 Å². The van der Waals surface area contributed by atoms with Gasteiger partial charge in [-0.3, -0.25) is 4.79 Å². The molecule has 1 aromatic rings. The van der Waals surface area contributed by atoms with Crippen molar-refractivity contribution in [3.63, 3.8) is 0 Å². The summed E-state index contributed by atoms with van der Waals surface area (Å²) in [6.45, 7) is 0.0717. The molecule has 1 aliphatic rings. The largest absolute Gasteiger partial charge is 0.418 e. The van der Waals surface area contributed by atoms with Crippen molar-refractivity contribution in [3.8, 4) is 0 Å². The number of nitrogens with two attached hydrogens (primary N) is 1. The Balaban J connectivity index is 2.49. The van der Waals surface area contributed by atoms with Crippen LogP contribution in [0.2, 0.25) is 5.02 Å². The van der Waals surface area contributed by atoms with E-state index in [1.165, 1.54) is 0 Å². The van der Waals surface area contributed by atoms with E-state index in [0.29, 0.717) is 0 Å². The van der Waals surface area contributed by atoms with Gasteiger partial charge in [-0.15, -0.1) is 0 Å². The highest BCUT2D eigenvalue weighted by Gasteiger charge is 2.38. The van der Waals surface area contributed by atoms with Crippen molar-refractivity contribution in [3.05, 3.63) is 28.8 Å². The zero-order valence-corrected chi connectivity index (χ0v) is 9.92. The minimum atomic E-state index is -4.53. The van der Waals surface area contributed by atoms with Crippen LogP contribution < -0.4 is 10.6 Å². The summed E-state index contributed by atoms with van der Waals surface area (Å²) in [5.74, 6) is -0.421. The molecule has 1 amide bonds. The van der Waals surface area contributed by atoms with Crippen molar-refractivity contribution in [1.82, 2.24) is 0 Å². The molecular formula is C11H10ClF3N2O. The topological polar surface area (TPSA) is 46.3 Å². The third-order valence-electron chi connectivity index (χ3n) is 2.71. The summed E-state index contributed by atoms with van der Waals surface area (Å²) < 4.78 is 38.5. The molecule has 1 atom stereocenters. The van der Waals surface area contributed by atoms with Crippen molar-refractivity contribution in [2.45, 2.75) is 18.6 Å². The number of carbonyl (C=O) groups excluding carboxylic acids is 1. The predicted octanol–water partition coefficient (Wildman–Crippen LogP) is 2.42. The molecule has 1 saturated heterocycles. The van der Waals surface area contributed by atoms with Crippen LogP contribution in [0.25, 0.3) is 0 Å². The average molecular weight is 279 g/mol. The molecule has 0 radical (unpaired) electrons. The van der Waals surface area contributed by atoms with Gasteiger partial charge in [0.25, 0.3) is 0 Å². The fraction of sp³-hybridized carbons (Fsp3) is 0.364. The van der Waals surface area contributed by atoms with Gasteiger partial charge in [0.05, 0.1) is 11.3 Å². The molecule has 18 heavy (non-hydrogen) atoms. The first-order valence-corrected chi connectivity index (χ1v) is 5.59. The lowest BCUT2D eigenvalue weighted by molar-refractivity contribution is -0.137. The van der Waals surface area contributed by atoms with Crippen LogP contribution in [0.5, 0.6) is 0 Å². The molecule has 2 N–H and O–H groups in total. The zero-order valence-electron chi connectivity index (χ0n) is 9.17. The van der Waals surface area contributed by atoms with E-state index in [0.717, 1.165) is 23.1 Å². The Labute approximate surface area is 106 Å². The van der Waals surface area contributed by atoms with E-state index in [2.05, 4.69) is 0 Å². The first kappa shape index (κ1) is 13.2. The highest BCUT2D eigenvalue weighted by Crippen LogP contribution is 2.39. The van der Waals surface area contributed by atoms with Gasteiger partial charge in [-0.05, 0) is 18.2 Å². The monoisotopic (exact) mass is 278 g/mol. The molecule has 1 heterocycles. The lowest BCUT2D eigenvalue weighted by Gasteiger charge is -2.21. The van der Waals surface area contributed by atoms with Gasteiger partial charge in [-0.25, -0.2) is 0 Å². The summed E-state index contributed by atoms with van der Waals surface area (Å²) in [5, 5.41) is 0.145. The predicted molar refractivity (Wildman–Crippen MR) is 61.4 cm³/mol. The quantitative estimate of drug-likeness (QED) is 0.857. The summed E-state index contributed by atoms with van der Waals surface area (Å²) in [5.41, 5.74) is 4.46. The number of hydrogen-bond acceptors (Lipinski definition) is 2.